The molecule has 0 aromatic carbocycles. The van der Waals surface area contributed by atoms with Crippen LogP contribution in [-0.2, 0) is 9.53 Å². The number of methoxy groups -OCH3 is 1. The minimum atomic E-state index is -0.172. The third kappa shape index (κ3) is 4.74. The molecule has 0 saturated carbocycles. The third-order valence-electron chi connectivity index (χ3n) is 1.16. The largest absolute Gasteiger partial charge is 0.469 e. The number of ether oxygens (including phenoxy) is 1. The number of terminal acetylenes is 1. The molecule has 0 rings (SSSR count). The third-order valence-corrected chi connectivity index (χ3v) is 2.26. The summed E-state index contributed by atoms with van der Waals surface area (Å²) in [5.41, 5.74) is 0. The van der Waals surface area contributed by atoms with Crippen molar-refractivity contribution in [3.05, 3.63) is 0 Å². The fourth-order valence-electron chi connectivity index (χ4n) is 0.564. The molecule has 2 nitrogen and oxygen atoms in total. The van der Waals surface area contributed by atoms with Crippen molar-refractivity contribution >= 4 is 17.7 Å². The van der Waals surface area contributed by atoms with Crippen LogP contribution in [0.4, 0.5) is 0 Å². The van der Waals surface area contributed by atoms with Crippen LogP contribution in [0.2, 0.25) is 0 Å². The van der Waals surface area contributed by atoms with E-state index < -0.39 is 0 Å². The first-order valence-corrected chi connectivity index (χ1v) is 4.47. The number of rotatable bonds is 4. The van der Waals surface area contributed by atoms with E-state index in [-0.39, 0.29) is 11.9 Å². The summed E-state index contributed by atoms with van der Waals surface area (Å²) in [6.45, 7) is 1.83. The van der Waals surface area contributed by atoms with Gasteiger partial charge in [0.1, 0.15) is 0 Å². The second-order valence-corrected chi connectivity index (χ2v) is 3.17. The Hall–Kier alpha value is -0.620. The highest BCUT2D eigenvalue weighted by Gasteiger charge is 2.11. The highest BCUT2D eigenvalue weighted by molar-refractivity contribution is 7.99. The molecule has 0 aliphatic heterocycles. The number of hydrogen-bond donors (Lipinski definition) is 0. The standard InChI is InChI=1S/C8H12O2S/c1-4-5-11-6-7(2)8(9)10-3/h1,7H,5-6H2,2-3H3. The second-order valence-electron chi connectivity index (χ2n) is 2.14. The van der Waals surface area contributed by atoms with Gasteiger partial charge in [0.2, 0.25) is 0 Å². The summed E-state index contributed by atoms with van der Waals surface area (Å²) in [4.78, 5) is 10.8. The molecule has 0 amide bonds. The van der Waals surface area contributed by atoms with Gasteiger partial charge in [-0.2, -0.15) is 0 Å². The Balaban J connectivity index is 3.45. The van der Waals surface area contributed by atoms with Gasteiger partial charge in [-0.15, -0.1) is 18.2 Å². The molecule has 11 heavy (non-hydrogen) atoms. The van der Waals surface area contributed by atoms with E-state index in [4.69, 9.17) is 6.42 Å². The quantitative estimate of drug-likeness (QED) is 0.361. The van der Waals surface area contributed by atoms with Gasteiger partial charge in [-0.05, 0) is 0 Å². The lowest BCUT2D eigenvalue weighted by Gasteiger charge is -2.06. The molecular formula is C8H12O2S. The van der Waals surface area contributed by atoms with E-state index in [0.29, 0.717) is 5.75 Å². The van der Waals surface area contributed by atoms with Gasteiger partial charge in [-0.25, -0.2) is 0 Å². The van der Waals surface area contributed by atoms with Crippen molar-refractivity contribution in [3.8, 4) is 12.3 Å². The van der Waals surface area contributed by atoms with Gasteiger partial charge in [-0.3, -0.25) is 4.79 Å². The molecule has 0 radical (unpaired) electrons. The Kier molecular flexibility index (Phi) is 5.77. The molecule has 0 aromatic heterocycles. The fourth-order valence-corrected chi connectivity index (χ4v) is 1.29. The van der Waals surface area contributed by atoms with Gasteiger partial charge in [0.15, 0.2) is 0 Å². The van der Waals surface area contributed by atoms with Crippen molar-refractivity contribution in [1.29, 1.82) is 0 Å². The average Bonchev–Trinajstić information content (AvgIpc) is 2.03. The molecule has 1 unspecified atom stereocenters. The molecule has 0 N–H and O–H groups in total. The zero-order valence-corrected chi connectivity index (χ0v) is 7.61. The van der Waals surface area contributed by atoms with E-state index >= 15 is 0 Å². The maximum absolute atomic E-state index is 10.8. The Morgan fingerprint density at radius 3 is 2.91 bits per heavy atom. The SMILES string of the molecule is C#CCSCC(C)C(=O)OC. The van der Waals surface area contributed by atoms with Crippen LogP contribution in [0.3, 0.4) is 0 Å². The van der Waals surface area contributed by atoms with Crippen molar-refractivity contribution in [2.75, 3.05) is 18.6 Å². The molecular weight excluding hydrogens is 160 g/mol. The van der Waals surface area contributed by atoms with Crippen LogP contribution in [0, 0.1) is 18.3 Å². The molecule has 0 bridgehead atoms. The van der Waals surface area contributed by atoms with E-state index in [2.05, 4.69) is 10.7 Å². The minimum absolute atomic E-state index is 0.0571. The van der Waals surface area contributed by atoms with Gasteiger partial charge in [0.25, 0.3) is 0 Å². The van der Waals surface area contributed by atoms with Crippen molar-refractivity contribution in [2.24, 2.45) is 5.92 Å². The average molecular weight is 172 g/mol. The lowest BCUT2D eigenvalue weighted by Crippen LogP contribution is -2.14. The van der Waals surface area contributed by atoms with E-state index in [1.165, 1.54) is 7.11 Å². The summed E-state index contributed by atoms with van der Waals surface area (Å²) in [5.74, 6) is 3.65. The zero-order valence-electron chi connectivity index (χ0n) is 6.79. The Labute approximate surface area is 71.7 Å². The molecule has 0 fully saturated rings. The van der Waals surface area contributed by atoms with E-state index in [1.807, 2.05) is 6.92 Å². The van der Waals surface area contributed by atoms with Gasteiger partial charge < -0.3 is 4.74 Å². The van der Waals surface area contributed by atoms with Crippen LogP contribution < -0.4 is 0 Å². The summed E-state index contributed by atoms with van der Waals surface area (Å²) >= 11 is 1.57. The zero-order chi connectivity index (χ0) is 8.69. The topological polar surface area (TPSA) is 26.3 Å². The molecule has 0 aliphatic rings. The van der Waals surface area contributed by atoms with Gasteiger partial charge >= 0.3 is 5.97 Å². The van der Waals surface area contributed by atoms with Crippen molar-refractivity contribution in [2.45, 2.75) is 6.92 Å². The summed E-state index contributed by atoms with van der Waals surface area (Å²) < 4.78 is 4.54. The molecule has 0 spiro atoms. The Morgan fingerprint density at radius 2 is 2.45 bits per heavy atom. The fraction of sp³-hybridized carbons (Fsp3) is 0.625. The normalized spacial score (nSPS) is 11.7. The number of carbonyl (C=O) groups is 1. The monoisotopic (exact) mass is 172 g/mol. The first kappa shape index (κ1) is 10.4. The number of hydrogen-bond acceptors (Lipinski definition) is 3. The van der Waals surface area contributed by atoms with E-state index in [0.717, 1.165) is 5.75 Å². The smallest absolute Gasteiger partial charge is 0.309 e. The highest BCUT2D eigenvalue weighted by atomic mass is 32.2. The number of carbonyl (C=O) groups excluding carboxylic acids is 1. The lowest BCUT2D eigenvalue weighted by atomic mass is 10.2. The predicted octanol–water partition coefficient (Wildman–Crippen LogP) is 1.16. The van der Waals surface area contributed by atoms with E-state index in [1.54, 1.807) is 11.8 Å². The van der Waals surface area contributed by atoms with Crippen LogP contribution in [-0.4, -0.2) is 24.6 Å². The van der Waals surface area contributed by atoms with Crippen LogP contribution >= 0.6 is 11.8 Å². The minimum Gasteiger partial charge on any atom is -0.469 e. The van der Waals surface area contributed by atoms with Crippen LogP contribution in [0.5, 0.6) is 0 Å². The Morgan fingerprint density at radius 1 is 1.82 bits per heavy atom. The van der Waals surface area contributed by atoms with Gasteiger partial charge in [-0.1, -0.05) is 12.8 Å². The first-order valence-electron chi connectivity index (χ1n) is 3.31. The summed E-state index contributed by atoms with van der Waals surface area (Å²) in [6.07, 6.45) is 5.04. The first-order chi connectivity index (χ1) is 5.22. The maximum Gasteiger partial charge on any atom is 0.309 e. The van der Waals surface area contributed by atoms with Crippen molar-refractivity contribution in [1.82, 2.24) is 0 Å². The maximum atomic E-state index is 10.8. The number of thioether (sulfide) groups is 1. The van der Waals surface area contributed by atoms with Gasteiger partial charge in [0, 0.05) is 5.75 Å². The molecule has 3 heteroatoms. The van der Waals surface area contributed by atoms with Crippen LogP contribution in [0.25, 0.3) is 0 Å². The molecule has 0 aromatic rings. The van der Waals surface area contributed by atoms with Crippen LogP contribution in [0.1, 0.15) is 6.92 Å². The lowest BCUT2D eigenvalue weighted by molar-refractivity contribution is -0.143. The van der Waals surface area contributed by atoms with E-state index in [9.17, 15) is 4.79 Å². The molecule has 0 saturated heterocycles. The molecule has 62 valence electrons. The summed E-state index contributed by atoms with van der Waals surface area (Å²) in [7, 11) is 1.39. The van der Waals surface area contributed by atoms with Gasteiger partial charge in [0.05, 0.1) is 18.8 Å². The second kappa shape index (κ2) is 6.11. The van der Waals surface area contributed by atoms with Crippen molar-refractivity contribution in [3.63, 3.8) is 0 Å². The van der Waals surface area contributed by atoms with Crippen molar-refractivity contribution < 1.29 is 9.53 Å². The summed E-state index contributed by atoms with van der Waals surface area (Å²) in [6, 6.07) is 0. The van der Waals surface area contributed by atoms with Crippen LogP contribution in [0.15, 0.2) is 0 Å². The number of esters is 1. The Bertz CT molecular complexity index is 160. The molecule has 1 atom stereocenters. The highest BCUT2D eigenvalue weighted by Crippen LogP contribution is 2.08. The molecule has 0 aliphatic carbocycles. The molecule has 0 heterocycles. The predicted molar refractivity (Wildman–Crippen MR) is 47.3 cm³/mol. The summed E-state index contributed by atoms with van der Waals surface area (Å²) in [5, 5.41) is 0.